The van der Waals surface area contributed by atoms with Gasteiger partial charge in [-0.25, -0.2) is 0 Å². The molecule has 5 heteroatoms. The number of amides is 2. The van der Waals surface area contributed by atoms with Crippen molar-refractivity contribution in [3.8, 4) is 0 Å². The maximum absolute atomic E-state index is 12.4. The summed E-state index contributed by atoms with van der Waals surface area (Å²) in [5.41, 5.74) is 6.38. The van der Waals surface area contributed by atoms with E-state index in [9.17, 15) is 9.59 Å². The smallest absolute Gasteiger partial charge is 0.251 e. The van der Waals surface area contributed by atoms with Crippen LogP contribution in [0.3, 0.4) is 0 Å². The molecular weight excluding hydrogens is 314 g/mol. The Labute approximate surface area is 148 Å². The number of likely N-dealkylation sites (tertiary alicyclic amines) is 1. The summed E-state index contributed by atoms with van der Waals surface area (Å²) < 4.78 is 0. The van der Waals surface area contributed by atoms with Gasteiger partial charge in [-0.2, -0.15) is 0 Å². The molecule has 0 bridgehead atoms. The van der Waals surface area contributed by atoms with Gasteiger partial charge in [0.25, 0.3) is 5.91 Å². The number of nitrogens with two attached hydrogens (primary N) is 1. The maximum Gasteiger partial charge on any atom is 0.251 e. The summed E-state index contributed by atoms with van der Waals surface area (Å²) in [4.78, 5) is 26.6. The van der Waals surface area contributed by atoms with E-state index in [1.165, 1.54) is 0 Å². The molecule has 0 spiro atoms. The number of nitrogens with zero attached hydrogens (tertiary/aromatic N) is 1. The predicted octanol–water partition coefficient (Wildman–Crippen LogP) is 2.30. The van der Waals surface area contributed by atoms with Crippen molar-refractivity contribution in [3.05, 3.63) is 48.0 Å². The van der Waals surface area contributed by atoms with E-state index in [1.807, 2.05) is 47.4 Å². The number of carbonyl (C=O) groups excluding carboxylic acids is 2. The molecule has 1 aliphatic heterocycles. The third-order valence-corrected chi connectivity index (χ3v) is 4.86. The lowest BCUT2D eigenvalue weighted by atomic mass is 10.0. The van der Waals surface area contributed by atoms with Crippen LogP contribution >= 0.6 is 0 Å². The average Bonchev–Trinajstić information content (AvgIpc) is 2.67. The molecule has 5 nitrogen and oxygen atoms in total. The monoisotopic (exact) mass is 339 g/mol. The second-order valence-corrected chi connectivity index (χ2v) is 6.54. The van der Waals surface area contributed by atoms with E-state index in [-0.39, 0.29) is 17.9 Å². The minimum atomic E-state index is -0.146. The van der Waals surface area contributed by atoms with E-state index < -0.39 is 0 Å². The molecule has 2 aromatic carbocycles. The highest BCUT2D eigenvalue weighted by Crippen LogP contribution is 2.17. The zero-order chi connectivity index (χ0) is 17.6. The summed E-state index contributed by atoms with van der Waals surface area (Å²) in [6, 6.07) is 13.7. The third-order valence-electron chi connectivity index (χ3n) is 4.86. The predicted molar refractivity (Wildman–Crippen MR) is 99.3 cm³/mol. The van der Waals surface area contributed by atoms with Crippen LogP contribution in [0.4, 0.5) is 0 Å². The fourth-order valence-corrected chi connectivity index (χ4v) is 3.43. The van der Waals surface area contributed by atoms with E-state index >= 15 is 0 Å². The fourth-order valence-electron chi connectivity index (χ4n) is 3.43. The Kier molecular flexibility index (Phi) is 5.66. The number of hydrogen-bond acceptors (Lipinski definition) is 3. The standard InChI is InChI=1S/C20H25N3O2/c21-14-18-7-3-4-12-23(18)19(24)10-11-22-20(25)17-9-8-15-5-1-2-6-16(15)13-17/h1-2,5-6,8-9,13,18H,3-4,7,10-12,14,21H2,(H,22,25). The molecule has 0 saturated carbocycles. The lowest BCUT2D eigenvalue weighted by Gasteiger charge is -2.35. The molecule has 1 heterocycles. The summed E-state index contributed by atoms with van der Waals surface area (Å²) in [6.07, 6.45) is 3.46. The lowest BCUT2D eigenvalue weighted by Crippen LogP contribution is -2.48. The molecule has 1 unspecified atom stereocenters. The number of carbonyl (C=O) groups is 2. The number of piperidine rings is 1. The van der Waals surface area contributed by atoms with E-state index in [1.54, 1.807) is 0 Å². The van der Waals surface area contributed by atoms with Gasteiger partial charge in [-0.15, -0.1) is 0 Å². The Balaban J connectivity index is 1.53. The second kappa shape index (κ2) is 8.12. The Morgan fingerprint density at radius 2 is 1.92 bits per heavy atom. The topological polar surface area (TPSA) is 75.4 Å². The van der Waals surface area contributed by atoms with Gasteiger partial charge < -0.3 is 16.0 Å². The van der Waals surface area contributed by atoms with Gasteiger partial charge in [-0.1, -0.05) is 30.3 Å². The molecule has 3 N–H and O–H groups in total. The van der Waals surface area contributed by atoms with Gasteiger partial charge in [0.05, 0.1) is 0 Å². The second-order valence-electron chi connectivity index (χ2n) is 6.54. The summed E-state index contributed by atoms with van der Waals surface area (Å²) in [5, 5.41) is 4.99. The van der Waals surface area contributed by atoms with Gasteiger partial charge in [-0.05, 0) is 42.2 Å². The van der Waals surface area contributed by atoms with Gasteiger partial charge in [0.15, 0.2) is 0 Å². The van der Waals surface area contributed by atoms with Crippen molar-refractivity contribution in [2.75, 3.05) is 19.6 Å². The molecule has 0 radical (unpaired) electrons. The Bertz CT molecular complexity index is 759. The first-order chi connectivity index (χ1) is 12.2. The first-order valence-corrected chi connectivity index (χ1v) is 8.95. The minimum absolute atomic E-state index is 0.0777. The van der Waals surface area contributed by atoms with Crippen LogP contribution in [0.5, 0.6) is 0 Å². The van der Waals surface area contributed by atoms with Crippen molar-refractivity contribution in [3.63, 3.8) is 0 Å². The average molecular weight is 339 g/mol. The SMILES string of the molecule is NCC1CCCCN1C(=O)CCNC(=O)c1ccc2ccccc2c1. The summed E-state index contributed by atoms with van der Waals surface area (Å²) >= 11 is 0. The lowest BCUT2D eigenvalue weighted by molar-refractivity contribution is -0.134. The molecule has 0 aromatic heterocycles. The van der Waals surface area contributed by atoms with Crippen molar-refractivity contribution >= 4 is 22.6 Å². The van der Waals surface area contributed by atoms with Crippen LogP contribution in [0.25, 0.3) is 10.8 Å². The van der Waals surface area contributed by atoms with Crippen LogP contribution in [-0.4, -0.2) is 42.4 Å². The molecule has 2 aromatic rings. The molecule has 132 valence electrons. The highest BCUT2D eigenvalue weighted by atomic mass is 16.2. The van der Waals surface area contributed by atoms with Crippen molar-refractivity contribution in [1.82, 2.24) is 10.2 Å². The highest BCUT2D eigenvalue weighted by molar-refractivity contribution is 5.98. The van der Waals surface area contributed by atoms with Crippen LogP contribution in [0.1, 0.15) is 36.0 Å². The molecule has 2 amide bonds. The minimum Gasteiger partial charge on any atom is -0.352 e. The maximum atomic E-state index is 12.4. The van der Waals surface area contributed by atoms with Gasteiger partial charge >= 0.3 is 0 Å². The quantitative estimate of drug-likeness (QED) is 0.878. The molecule has 25 heavy (non-hydrogen) atoms. The summed E-state index contributed by atoms with van der Waals surface area (Å²) in [6.45, 7) is 1.63. The molecule has 1 fully saturated rings. The largest absolute Gasteiger partial charge is 0.352 e. The van der Waals surface area contributed by atoms with Crippen LogP contribution < -0.4 is 11.1 Å². The van der Waals surface area contributed by atoms with Crippen molar-refractivity contribution in [2.24, 2.45) is 5.73 Å². The van der Waals surface area contributed by atoms with Crippen LogP contribution in [0.15, 0.2) is 42.5 Å². The summed E-state index contributed by atoms with van der Waals surface area (Å²) in [7, 11) is 0. The Morgan fingerprint density at radius 3 is 2.72 bits per heavy atom. The van der Waals surface area contributed by atoms with Gasteiger partial charge in [0.2, 0.25) is 5.91 Å². The van der Waals surface area contributed by atoms with E-state index in [0.717, 1.165) is 36.6 Å². The number of rotatable bonds is 5. The molecular formula is C20H25N3O2. The number of fused-ring (bicyclic) bond motifs is 1. The molecule has 3 rings (SSSR count). The van der Waals surface area contributed by atoms with Crippen molar-refractivity contribution in [1.29, 1.82) is 0 Å². The van der Waals surface area contributed by atoms with E-state index in [4.69, 9.17) is 5.73 Å². The molecule has 0 aliphatic carbocycles. The molecule has 1 atom stereocenters. The zero-order valence-electron chi connectivity index (χ0n) is 14.4. The van der Waals surface area contributed by atoms with Crippen LogP contribution in [0.2, 0.25) is 0 Å². The van der Waals surface area contributed by atoms with Crippen molar-refractivity contribution in [2.45, 2.75) is 31.7 Å². The highest BCUT2D eigenvalue weighted by Gasteiger charge is 2.25. The first kappa shape index (κ1) is 17.4. The molecule has 1 saturated heterocycles. The summed E-state index contributed by atoms with van der Waals surface area (Å²) in [5.74, 6) is -0.0680. The third kappa shape index (κ3) is 4.17. The van der Waals surface area contributed by atoms with Crippen molar-refractivity contribution < 1.29 is 9.59 Å². The normalized spacial score (nSPS) is 17.5. The Hall–Kier alpha value is -2.40. The van der Waals surface area contributed by atoms with Crippen LogP contribution in [-0.2, 0) is 4.79 Å². The zero-order valence-corrected chi connectivity index (χ0v) is 14.4. The van der Waals surface area contributed by atoms with Gasteiger partial charge in [-0.3, -0.25) is 9.59 Å². The van der Waals surface area contributed by atoms with Crippen LogP contribution in [0, 0.1) is 0 Å². The van der Waals surface area contributed by atoms with E-state index in [0.29, 0.717) is 25.1 Å². The van der Waals surface area contributed by atoms with Gasteiger partial charge in [0.1, 0.15) is 0 Å². The fraction of sp³-hybridized carbons (Fsp3) is 0.400. The first-order valence-electron chi connectivity index (χ1n) is 8.95. The van der Waals surface area contributed by atoms with E-state index in [2.05, 4.69) is 5.32 Å². The number of benzene rings is 2. The molecule has 1 aliphatic rings. The van der Waals surface area contributed by atoms with Gasteiger partial charge in [0, 0.05) is 37.7 Å². The Morgan fingerprint density at radius 1 is 1.12 bits per heavy atom. The number of nitrogens with one attached hydrogen (secondary N) is 1. The number of hydrogen-bond donors (Lipinski definition) is 2.